The van der Waals surface area contributed by atoms with Crippen LogP contribution in [0.25, 0.3) is 0 Å². The number of hydrogen-bond acceptors (Lipinski definition) is 4. The molecule has 90 valence electrons. The van der Waals surface area contributed by atoms with Gasteiger partial charge in [0.15, 0.2) is 0 Å². The average Bonchev–Trinajstić information content (AvgIpc) is 2.79. The number of ether oxygens (including phenoxy) is 1. The zero-order valence-corrected chi connectivity index (χ0v) is 10.5. The van der Waals surface area contributed by atoms with Crippen LogP contribution >= 0.6 is 11.3 Å². The van der Waals surface area contributed by atoms with Crippen LogP contribution < -0.4 is 10.6 Å². The first-order valence-corrected chi connectivity index (χ1v) is 6.19. The van der Waals surface area contributed by atoms with Crippen LogP contribution in [0.5, 0.6) is 0 Å². The lowest BCUT2D eigenvalue weighted by atomic mass is 10.2. The first-order valence-electron chi connectivity index (χ1n) is 5.25. The molecule has 0 fully saturated rings. The van der Waals surface area contributed by atoms with Crippen molar-refractivity contribution in [2.75, 3.05) is 20.3 Å². The number of rotatable bonds is 7. The van der Waals surface area contributed by atoms with Crippen LogP contribution in [0.15, 0.2) is 16.8 Å². The lowest BCUT2D eigenvalue weighted by molar-refractivity contribution is -0.122. The predicted octanol–water partition coefficient (Wildman–Crippen LogP) is 0.989. The summed E-state index contributed by atoms with van der Waals surface area (Å²) in [5.74, 6) is 0.00674. The highest BCUT2D eigenvalue weighted by atomic mass is 32.1. The van der Waals surface area contributed by atoms with E-state index >= 15 is 0 Å². The molecule has 1 unspecified atom stereocenters. The molecule has 1 aromatic heterocycles. The maximum atomic E-state index is 11.6. The minimum atomic E-state index is -0.184. The summed E-state index contributed by atoms with van der Waals surface area (Å²) in [7, 11) is 1.62. The normalized spacial score (nSPS) is 12.4. The molecule has 0 radical (unpaired) electrons. The van der Waals surface area contributed by atoms with Crippen LogP contribution in [0.4, 0.5) is 0 Å². The van der Waals surface area contributed by atoms with Crippen LogP contribution in [0, 0.1) is 0 Å². The van der Waals surface area contributed by atoms with E-state index < -0.39 is 0 Å². The van der Waals surface area contributed by atoms with Gasteiger partial charge in [0.1, 0.15) is 0 Å². The zero-order valence-electron chi connectivity index (χ0n) is 9.66. The lowest BCUT2D eigenvalue weighted by Crippen LogP contribution is -2.42. The Balaban J connectivity index is 2.18. The number of methoxy groups -OCH3 is 1. The molecule has 1 atom stereocenters. The highest BCUT2D eigenvalue weighted by molar-refractivity contribution is 7.07. The van der Waals surface area contributed by atoms with Crippen molar-refractivity contribution < 1.29 is 9.53 Å². The minimum Gasteiger partial charge on any atom is -0.383 e. The molecular weight excluding hydrogens is 224 g/mol. The molecule has 4 nitrogen and oxygen atoms in total. The largest absolute Gasteiger partial charge is 0.383 e. The highest BCUT2D eigenvalue weighted by Gasteiger charge is 2.10. The molecule has 5 heteroatoms. The Hall–Kier alpha value is -0.910. The van der Waals surface area contributed by atoms with Gasteiger partial charge in [0, 0.05) is 20.2 Å². The molecule has 0 saturated carbocycles. The fraction of sp³-hybridized carbons (Fsp3) is 0.545. The second-order valence-corrected chi connectivity index (χ2v) is 4.30. The van der Waals surface area contributed by atoms with Gasteiger partial charge < -0.3 is 15.4 Å². The molecule has 0 saturated heterocycles. The molecule has 0 bridgehead atoms. The van der Waals surface area contributed by atoms with Crippen molar-refractivity contribution in [2.45, 2.75) is 19.5 Å². The smallest absolute Gasteiger partial charge is 0.236 e. The fourth-order valence-electron chi connectivity index (χ4n) is 1.19. The van der Waals surface area contributed by atoms with Crippen molar-refractivity contribution >= 4 is 17.2 Å². The highest BCUT2D eigenvalue weighted by Crippen LogP contribution is 2.05. The summed E-state index contributed by atoms with van der Waals surface area (Å²) >= 11 is 1.66. The van der Waals surface area contributed by atoms with E-state index in [1.54, 1.807) is 18.4 Å². The summed E-state index contributed by atoms with van der Waals surface area (Å²) in [6.45, 7) is 3.68. The number of amides is 1. The van der Waals surface area contributed by atoms with E-state index in [0.717, 1.165) is 6.54 Å². The van der Waals surface area contributed by atoms with E-state index in [0.29, 0.717) is 13.2 Å². The van der Waals surface area contributed by atoms with E-state index in [9.17, 15) is 4.79 Å². The van der Waals surface area contributed by atoms with Crippen LogP contribution in [-0.4, -0.2) is 32.2 Å². The minimum absolute atomic E-state index is 0.00674. The summed E-state index contributed by atoms with van der Waals surface area (Å²) < 4.78 is 4.86. The van der Waals surface area contributed by atoms with Crippen LogP contribution in [0.3, 0.4) is 0 Å². The average molecular weight is 242 g/mol. The third kappa shape index (κ3) is 4.74. The molecule has 1 heterocycles. The number of hydrogen-bond donors (Lipinski definition) is 2. The number of carbonyl (C=O) groups is 1. The Morgan fingerprint density at radius 1 is 1.62 bits per heavy atom. The second-order valence-electron chi connectivity index (χ2n) is 3.52. The van der Waals surface area contributed by atoms with Crippen molar-refractivity contribution in [3.05, 3.63) is 22.4 Å². The first kappa shape index (κ1) is 13.2. The molecule has 1 amide bonds. The van der Waals surface area contributed by atoms with Gasteiger partial charge in [-0.15, -0.1) is 0 Å². The lowest BCUT2D eigenvalue weighted by Gasteiger charge is -2.13. The van der Waals surface area contributed by atoms with Gasteiger partial charge in [-0.05, 0) is 29.3 Å². The Morgan fingerprint density at radius 2 is 2.44 bits per heavy atom. The van der Waals surface area contributed by atoms with E-state index in [4.69, 9.17) is 4.74 Å². The summed E-state index contributed by atoms with van der Waals surface area (Å²) in [5.41, 5.74) is 1.21. The Kier molecular flexibility index (Phi) is 6.07. The third-order valence-electron chi connectivity index (χ3n) is 2.19. The molecule has 0 spiro atoms. The van der Waals surface area contributed by atoms with Gasteiger partial charge >= 0.3 is 0 Å². The molecular formula is C11H18N2O2S. The van der Waals surface area contributed by atoms with E-state index in [1.165, 1.54) is 5.56 Å². The molecule has 0 aromatic carbocycles. The van der Waals surface area contributed by atoms with Gasteiger partial charge in [-0.2, -0.15) is 11.3 Å². The summed E-state index contributed by atoms with van der Waals surface area (Å²) in [4.78, 5) is 11.6. The molecule has 0 aliphatic rings. The molecule has 1 aromatic rings. The summed E-state index contributed by atoms with van der Waals surface area (Å²) in [6.07, 6.45) is 0. The standard InChI is InChI=1S/C11H18N2O2S/c1-9(11(14)12-4-5-15-2)13-7-10-3-6-16-8-10/h3,6,8-9,13H,4-5,7H2,1-2H3,(H,12,14). The van der Waals surface area contributed by atoms with Gasteiger partial charge in [-0.3, -0.25) is 4.79 Å². The maximum absolute atomic E-state index is 11.6. The molecule has 1 rings (SSSR count). The molecule has 0 aliphatic carbocycles. The fourth-order valence-corrected chi connectivity index (χ4v) is 1.85. The summed E-state index contributed by atoms with van der Waals surface area (Å²) in [5, 5.41) is 10.1. The number of nitrogens with one attached hydrogen (secondary N) is 2. The van der Waals surface area contributed by atoms with Crippen molar-refractivity contribution in [3.63, 3.8) is 0 Å². The zero-order chi connectivity index (χ0) is 11.8. The Bertz CT molecular complexity index is 301. The Labute approximate surface area is 100 Å². The number of carbonyl (C=O) groups excluding carboxylic acids is 1. The van der Waals surface area contributed by atoms with Crippen molar-refractivity contribution in [2.24, 2.45) is 0 Å². The Morgan fingerprint density at radius 3 is 3.06 bits per heavy atom. The van der Waals surface area contributed by atoms with Gasteiger partial charge in [0.2, 0.25) is 5.91 Å². The van der Waals surface area contributed by atoms with E-state index in [1.807, 2.05) is 18.4 Å². The van der Waals surface area contributed by atoms with E-state index in [2.05, 4.69) is 16.0 Å². The van der Waals surface area contributed by atoms with E-state index in [-0.39, 0.29) is 11.9 Å². The second kappa shape index (κ2) is 7.38. The topological polar surface area (TPSA) is 50.4 Å². The molecule has 0 aliphatic heterocycles. The SMILES string of the molecule is COCCNC(=O)C(C)NCc1ccsc1. The van der Waals surface area contributed by atoms with Gasteiger partial charge in [0.25, 0.3) is 0 Å². The van der Waals surface area contributed by atoms with Crippen LogP contribution in [0.2, 0.25) is 0 Å². The van der Waals surface area contributed by atoms with Crippen LogP contribution in [0.1, 0.15) is 12.5 Å². The van der Waals surface area contributed by atoms with Crippen molar-refractivity contribution in [3.8, 4) is 0 Å². The molecule has 16 heavy (non-hydrogen) atoms. The maximum Gasteiger partial charge on any atom is 0.236 e. The first-order chi connectivity index (χ1) is 7.74. The third-order valence-corrected chi connectivity index (χ3v) is 2.92. The van der Waals surface area contributed by atoms with Crippen molar-refractivity contribution in [1.29, 1.82) is 0 Å². The van der Waals surface area contributed by atoms with Crippen LogP contribution in [-0.2, 0) is 16.1 Å². The quantitative estimate of drug-likeness (QED) is 0.701. The van der Waals surface area contributed by atoms with Gasteiger partial charge in [-0.25, -0.2) is 0 Å². The van der Waals surface area contributed by atoms with Crippen molar-refractivity contribution in [1.82, 2.24) is 10.6 Å². The van der Waals surface area contributed by atoms with Gasteiger partial charge in [0.05, 0.1) is 12.6 Å². The number of thiophene rings is 1. The monoisotopic (exact) mass is 242 g/mol. The summed E-state index contributed by atoms with van der Waals surface area (Å²) in [6, 6.07) is 1.87. The van der Waals surface area contributed by atoms with Gasteiger partial charge in [-0.1, -0.05) is 0 Å². The molecule has 2 N–H and O–H groups in total. The predicted molar refractivity (Wildman–Crippen MR) is 65.5 cm³/mol.